The largest absolute Gasteiger partial charge is 0.465 e. The van der Waals surface area contributed by atoms with Gasteiger partial charge in [-0.15, -0.1) is 0 Å². The zero-order valence-electron chi connectivity index (χ0n) is 21.9. The summed E-state index contributed by atoms with van der Waals surface area (Å²) in [6.07, 6.45) is 2.71. The van der Waals surface area contributed by atoms with Crippen LogP contribution in [0.1, 0.15) is 5.56 Å². The van der Waals surface area contributed by atoms with E-state index in [4.69, 9.17) is 15.2 Å². The maximum Gasteiger partial charge on any atom is 0.413 e. The van der Waals surface area contributed by atoms with Crippen LogP contribution in [0.4, 0.5) is 33.9 Å². The van der Waals surface area contributed by atoms with Gasteiger partial charge in [0.1, 0.15) is 5.82 Å². The molecule has 0 bridgehead atoms. The highest BCUT2D eigenvalue weighted by Crippen LogP contribution is 2.35. The van der Waals surface area contributed by atoms with Crippen molar-refractivity contribution in [2.75, 3.05) is 91.9 Å². The molecule has 5 heterocycles. The highest BCUT2D eigenvalue weighted by atomic mass is 16.5. The van der Waals surface area contributed by atoms with Gasteiger partial charge < -0.3 is 35.4 Å². The van der Waals surface area contributed by atoms with E-state index in [0.717, 1.165) is 37.6 Å². The number of anilines is 5. The topological polar surface area (TPSA) is 155 Å². The second-order valence-corrected chi connectivity index (χ2v) is 9.19. The molecule has 0 unspecified atom stereocenters. The first kappa shape index (κ1) is 26.4. The van der Waals surface area contributed by atoms with Gasteiger partial charge in [-0.05, 0) is 24.6 Å². The van der Waals surface area contributed by atoms with E-state index in [1.165, 1.54) is 10.6 Å². The lowest BCUT2D eigenvalue weighted by molar-refractivity contribution is 0.122. The van der Waals surface area contributed by atoms with E-state index in [9.17, 15) is 9.90 Å². The quantitative estimate of drug-likeness (QED) is 0.447. The maximum absolute atomic E-state index is 11.5. The lowest BCUT2D eigenvalue weighted by Crippen LogP contribution is -2.38. The molecule has 2 aromatic heterocycles. The van der Waals surface area contributed by atoms with Gasteiger partial charge in [0.15, 0.2) is 0 Å². The molecule has 0 aliphatic carbocycles. The first-order valence-electron chi connectivity index (χ1n) is 13.0. The highest BCUT2D eigenvalue weighted by molar-refractivity contribution is 5.89. The summed E-state index contributed by atoms with van der Waals surface area (Å²) in [6, 6.07) is 8.47. The first-order valence-corrected chi connectivity index (χ1v) is 13.0. The van der Waals surface area contributed by atoms with Crippen LogP contribution < -0.4 is 25.8 Å². The smallest absolute Gasteiger partial charge is 0.413 e. The van der Waals surface area contributed by atoms with Crippen LogP contribution in [-0.4, -0.2) is 97.3 Å². The van der Waals surface area contributed by atoms with Gasteiger partial charge in [-0.2, -0.15) is 4.98 Å². The fourth-order valence-corrected chi connectivity index (χ4v) is 4.71. The van der Waals surface area contributed by atoms with Gasteiger partial charge in [-0.25, -0.2) is 19.7 Å². The third-order valence-corrected chi connectivity index (χ3v) is 6.80. The van der Waals surface area contributed by atoms with Crippen molar-refractivity contribution in [3.05, 3.63) is 42.2 Å². The van der Waals surface area contributed by atoms with E-state index < -0.39 is 6.09 Å². The summed E-state index contributed by atoms with van der Waals surface area (Å²) < 4.78 is 10.7. The number of nitrogens with one attached hydrogen (secondary N) is 1. The first-order chi connectivity index (χ1) is 19.0. The predicted molar refractivity (Wildman–Crippen MR) is 149 cm³/mol. The molecule has 0 saturated carbocycles. The Morgan fingerprint density at radius 1 is 0.974 bits per heavy atom. The van der Waals surface area contributed by atoms with Crippen LogP contribution in [0.2, 0.25) is 0 Å². The molecule has 3 aliphatic heterocycles. The molecule has 4 N–H and O–H groups in total. The summed E-state index contributed by atoms with van der Waals surface area (Å²) in [5.41, 5.74) is 10.1. The van der Waals surface area contributed by atoms with E-state index in [0.29, 0.717) is 62.3 Å². The molecule has 6 rings (SSSR count). The van der Waals surface area contributed by atoms with Crippen molar-refractivity contribution in [1.29, 1.82) is 0 Å². The van der Waals surface area contributed by atoms with E-state index in [-0.39, 0.29) is 5.95 Å². The molecule has 1 aromatic carbocycles. The highest BCUT2D eigenvalue weighted by Gasteiger charge is 2.31. The molecular weight excluding hydrogens is 502 g/mol. The normalized spacial score (nSPS) is 16.8. The van der Waals surface area contributed by atoms with Crippen LogP contribution in [0.15, 0.2) is 36.7 Å². The average molecular weight is 536 g/mol. The Morgan fingerprint density at radius 3 is 2.28 bits per heavy atom. The third kappa shape index (κ3) is 6.10. The SMILES string of the molecule is CNc1cccc(N2CCOCC2)c1.Nc1ncc(-c2nc(N3CCOCC3)nc3c2CCN3C(=O)O)cn1. The van der Waals surface area contributed by atoms with Crippen molar-refractivity contribution >= 4 is 35.2 Å². The fourth-order valence-electron chi connectivity index (χ4n) is 4.71. The summed E-state index contributed by atoms with van der Waals surface area (Å²) in [7, 11) is 1.94. The number of carbonyl (C=O) groups is 1. The number of fused-ring (bicyclic) bond motifs is 1. The number of aromatic nitrogens is 4. The second kappa shape index (κ2) is 12.1. The van der Waals surface area contributed by atoms with Crippen molar-refractivity contribution in [1.82, 2.24) is 19.9 Å². The van der Waals surface area contributed by atoms with Gasteiger partial charge in [0.25, 0.3) is 0 Å². The van der Waals surface area contributed by atoms with Crippen molar-refractivity contribution in [3.63, 3.8) is 0 Å². The molecule has 2 saturated heterocycles. The van der Waals surface area contributed by atoms with Crippen LogP contribution in [0.3, 0.4) is 0 Å². The second-order valence-electron chi connectivity index (χ2n) is 9.19. The van der Waals surface area contributed by atoms with Crippen molar-refractivity contribution in [2.24, 2.45) is 0 Å². The summed E-state index contributed by atoms with van der Waals surface area (Å²) in [6.45, 7) is 6.50. The minimum Gasteiger partial charge on any atom is -0.465 e. The van der Waals surface area contributed by atoms with Gasteiger partial charge in [0.05, 0.1) is 32.1 Å². The number of carboxylic acid groups (broad SMARTS) is 1. The summed E-state index contributed by atoms with van der Waals surface area (Å²) >= 11 is 0. The Balaban J connectivity index is 0.000000186. The van der Waals surface area contributed by atoms with Crippen molar-refractivity contribution in [2.45, 2.75) is 6.42 Å². The van der Waals surface area contributed by atoms with Crippen LogP contribution in [0.25, 0.3) is 11.3 Å². The molecule has 13 nitrogen and oxygen atoms in total. The summed E-state index contributed by atoms with van der Waals surface area (Å²) in [5.74, 6) is 1.09. The molecule has 13 heteroatoms. The molecule has 3 aliphatic rings. The van der Waals surface area contributed by atoms with Crippen LogP contribution in [0, 0.1) is 0 Å². The minimum absolute atomic E-state index is 0.176. The zero-order valence-corrected chi connectivity index (χ0v) is 21.9. The number of hydrogen-bond acceptors (Lipinski definition) is 11. The summed E-state index contributed by atoms with van der Waals surface area (Å²) in [4.78, 5) is 34.4. The van der Waals surface area contributed by atoms with E-state index >= 15 is 0 Å². The Morgan fingerprint density at radius 2 is 1.64 bits per heavy atom. The number of nitrogen functional groups attached to an aromatic ring is 1. The molecule has 0 atom stereocenters. The van der Waals surface area contributed by atoms with Gasteiger partial charge in [0, 0.05) is 74.7 Å². The zero-order chi connectivity index (χ0) is 27.2. The molecular formula is C26H33N9O4. The number of nitrogens with zero attached hydrogens (tertiary/aromatic N) is 7. The standard InChI is InChI=1S/C15H17N7O3.C11H16N2O/c16-13-17-7-9(8-18-13)11-10-1-2-22(15(23)24)12(10)20-14(19-11)21-3-5-25-6-4-21;1-12-10-3-2-4-11(9-10)13-5-7-14-8-6-13/h7-8H,1-6H2,(H,23,24)(H2,16,17,18);2-4,9,12H,5-8H2,1H3. The minimum atomic E-state index is -1.02. The lowest BCUT2D eigenvalue weighted by atomic mass is 10.1. The van der Waals surface area contributed by atoms with Crippen molar-refractivity contribution < 1.29 is 19.4 Å². The van der Waals surface area contributed by atoms with E-state index in [1.54, 1.807) is 12.4 Å². The number of morpholine rings is 2. The molecule has 2 fully saturated rings. The Labute approximate surface area is 226 Å². The monoisotopic (exact) mass is 535 g/mol. The Kier molecular flexibility index (Phi) is 8.18. The Hall–Kier alpha value is -4.23. The fraction of sp³-hybridized carbons (Fsp3) is 0.423. The van der Waals surface area contributed by atoms with Gasteiger partial charge in [0.2, 0.25) is 11.9 Å². The van der Waals surface area contributed by atoms with Crippen LogP contribution in [-0.2, 0) is 15.9 Å². The molecule has 1 amide bonds. The molecule has 39 heavy (non-hydrogen) atoms. The number of amides is 1. The molecule has 206 valence electrons. The van der Waals surface area contributed by atoms with E-state index in [2.05, 4.69) is 54.4 Å². The van der Waals surface area contributed by atoms with Gasteiger partial charge in [-0.3, -0.25) is 4.90 Å². The van der Waals surface area contributed by atoms with E-state index in [1.807, 2.05) is 11.9 Å². The number of nitrogens with two attached hydrogens (primary N) is 1. The number of ether oxygens (including phenoxy) is 2. The average Bonchev–Trinajstić information content (AvgIpc) is 3.43. The number of hydrogen-bond donors (Lipinski definition) is 3. The number of rotatable bonds is 4. The molecule has 0 radical (unpaired) electrons. The lowest BCUT2D eigenvalue weighted by Gasteiger charge is -2.29. The Bertz CT molecular complexity index is 1280. The maximum atomic E-state index is 11.5. The van der Waals surface area contributed by atoms with Crippen LogP contribution in [0.5, 0.6) is 0 Å². The predicted octanol–water partition coefficient (Wildman–Crippen LogP) is 1.96. The third-order valence-electron chi connectivity index (χ3n) is 6.80. The van der Waals surface area contributed by atoms with Crippen molar-refractivity contribution in [3.8, 4) is 11.3 Å². The van der Waals surface area contributed by atoms with Gasteiger partial charge >= 0.3 is 6.09 Å². The summed E-state index contributed by atoms with van der Waals surface area (Å²) in [5, 5.41) is 12.6. The van der Waals surface area contributed by atoms with Gasteiger partial charge in [-0.1, -0.05) is 6.07 Å². The molecule has 3 aromatic rings. The molecule has 0 spiro atoms. The van der Waals surface area contributed by atoms with Crippen LogP contribution >= 0.6 is 0 Å². The number of benzene rings is 1.